The molecule has 6 aromatic heterocycles. The zero-order chi connectivity index (χ0) is 49.8. The SMILES string of the molecule is CC(C)Oc1ccc2nc(NC(=O)CC(C)(C)C)n(C3CCC3)c2n1.Cc1ccc2nc(NC(=O)CC(C)(C)O)n(C3CCCC3)c2n1.Cc1ccc2nc(NC(=O)CC(C)C)n(C3CCC3)c2n1. The van der Waals surface area contributed by atoms with Crippen molar-refractivity contribution in [2.75, 3.05) is 16.0 Å². The van der Waals surface area contributed by atoms with Crippen LogP contribution in [0.2, 0.25) is 0 Å². The predicted molar refractivity (Wildman–Crippen MR) is 271 cm³/mol. The number of anilines is 3. The van der Waals surface area contributed by atoms with E-state index < -0.39 is 5.60 Å². The number of amides is 3. The van der Waals surface area contributed by atoms with Gasteiger partial charge in [-0.2, -0.15) is 4.98 Å². The minimum Gasteiger partial charge on any atom is -0.475 e. The largest absolute Gasteiger partial charge is 0.475 e. The van der Waals surface area contributed by atoms with Crippen LogP contribution in [0.4, 0.5) is 17.8 Å². The maximum atomic E-state index is 12.4. The summed E-state index contributed by atoms with van der Waals surface area (Å²) in [7, 11) is 0. The Morgan fingerprint density at radius 2 is 0.971 bits per heavy atom. The van der Waals surface area contributed by atoms with E-state index in [4.69, 9.17) is 4.74 Å². The van der Waals surface area contributed by atoms with Gasteiger partial charge in [-0.05, 0) is 135 Å². The molecule has 0 bridgehead atoms. The molecule has 372 valence electrons. The number of nitrogens with zero attached hydrogens (tertiary/aromatic N) is 9. The molecular formula is C52H74N12O5. The molecule has 17 heteroatoms. The monoisotopic (exact) mass is 947 g/mol. The highest BCUT2D eigenvalue weighted by Gasteiger charge is 2.30. The number of aromatic nitrogens is 9. The number of hydrogen-bond acceptors (Lipinski definition) is 11. The van der Waals surface area contributed by atoms with Crippen molar-refractivity contribution in [3.63, 3.8) is 0 Å². The lowest BCUT2D eigenvalue weighted by Gasteiger charge is -2.28. The van der Waals surface area contributed by atoms with E-state index in [1.165, 1.54) is 25.7 Å². The first-order chi connectivity index (χ1) is 32.6. The van der Waals surface area contributed by atoms with Gasteiger partial charge in [0.15, 0.2) is 16.9 Å². The Hall–Kier alpha value is -5.97. The Labute approximate surface area is 406 Å². The van der Waals surface area contributed by atoms with Crippen molar-refractivity contribution < 1.29 is 24.2 Å². The second-order valence-corrected chi connectivity index (χ2v) is 21.7. The Kier molecular flexibility index (Phi) is 15.7. The molecule has 69 heavy (non-hydrogen) atoms. The molecule has 0 saturated heterocycles. The maximum Gasteiger partial charge on any atom is 0.229 e. The van der Waals surface area contributed by atoms with Crippen LogP contribution in [-0.2, 0) is 14.4 Å². The van der Waals surface area contributed by atoms with Crippen LogP contribution in [0.25, 0.3) is 33.5 Å². The molecule has 3 saturated carbocycles. The van der Waals surface area contributed by atoms with Crippen LogP contribution in [0.1, 0.15) is 175 Å². The predicted octanol–water partition coefficient (Wildman–Crippen LogP) is 10.7. The summed E-state index contributed by atoms with van der Waals surface area (Å²) in [5, 5.41) is 18.7. The molecule has 3 fully saturated rings. The van der Waals surface area contributed by atoms with Gasteiger partial charge in [-0.1, -0.05) is 47.5 Å². The van der Waals surface area contributed by atoms with E-state index in [1.54, 1.807) is 13.8 Å². The Balaban J connectivity index is 0.000000153. The molecule has 3 amide bonds. The van der Waals surface area contributed by atoms with Crippen LogP contribution in [0.3, 0.4) is 0 Å². The number of carbonyl (C=O) groups is 3. The fourth-order valence-electron chi connectivity index (χ4n) is 8.91. The van der Waals surface area contributed by atoms with E-state index in [1.807, 2.05) is 77.9 Å². The molecular weight excluding hydrogens is 873 g/mol. The lowest BCUT2D eigenvalue weighted by molar-refractivity contribution is -0.120. The number of nitrogens with one attached hydrogen (secondary N) is 3. The van der Waals surface area contributed by atoms with Crippen LogP contribution in [0.5, 0.6) is 5.88 Å². The summed E-state index contributed by atoms with van der Waals surface area (Å²) in [6, 6.07) is 12.6. The first-order valence-electron chi connectivity index (χ1n) is 25.0. The number of hydrogen-bond donors (Lipinski definition) is 4. The minimum atomic E-state index is -1.04. The Morgan fingerprint density at radius 3 is 1.35 bits per heavy atom. The van der Waals surface area contributed by atoms with E-state index in [-0.39, 0.29) is 35.7 Å². The number of pyridine rings is 3. The van der Waals surface area contributed by atoms with E-state index in [0.717, 1.165) is 83.4 Å². The lowest BCUT2D eigenvalue weighted by atomic mass is 9.92. The van der Waals surface area contributed by atoms with Crippen LogP contribution < -0.4 is 20.7 Å². The third kappa shape index (κ3) is 13.2. The van der Waals surface area contributed by atoms with Gasteiger partial charge < -0.3 is 9.84 Å². The maximum absolute atomic E-state index is 12.4. The fourth-order valence-corrected chi connectivity index (χ4v) is 8.91. The summed E-state index contributed by atoms with van der Waals surface area (Å²) in [4.78, 5) is 64.3. The van der Waals surface area contributed by atoms with Crippen molar-refractivity contribution in [3.8, 4) is 5.88 Å². The number of fused-ring (bicyclic) bond motifs is 3. The molecule has 4 N–H and O–H groups in total. The molecule has 6 heterocycles. The summed E-state index contributed by atoms with van der Waals surface area (Å²) in [6.45, 7) is 21.4. The fraction of sp³-hybridized carbons (Fsp3) is 0.596. The van der Waals surface area contributed by atoms with Crippen LogP contribution >= 0.6 is 0 Å². The number of imidazole rings is 3. The summed E-state index contributed by atoms with van der Waals surface area (Å²) in [5.74, 6) is 2.51. The van der Waals surface area contributed by atoms with Gasteiger partial charge in [-0.25, -0.2) is 24.9 Å². The second-order valence-electron chi connectivity index (χ2n) is 21.7. The molecule has 9 rings (SSSR count). The number of aryl methyl sites for hydroxylation is 2. The normalized spacial score (nSPS) is 15.7. The van der Waals surface area contributed by atoms with Crippen LogP contribution in [0, 0.1) is 25.2 Å². The van der Waals surface area contributed by atoms with Gasteiger partial charge >= 0.3 is 0 Å². The van der Waals surface area contributed by atoms with E-state index in [9.17, 15) is 19.5 Å². The zero-order valence-corrected chi connectivity index (χ0v) is 42.6. The molecule has 0 aliphatic heterocycles. The molecule has 0 aromatic carbocycles. The molecule has 3 aliphatic carbocycles. The third-order valence-electron chi connectivity index (χ3n) is 12.4. The lowest BCUT2D eigenvalue weighted by Crippen LogP contribution is -2.28. The van der Waals surface area contributed by atoms with Crippen molar-refractivity contribution in [1.29, 1.82) is 0 Å². The average Bonchev–Trinajstić information content (AvgIpc) is 3.98. The van der Waals surface area contributed by atoms with Gasteiger partial charge in [0.05, 0.1) is 18.1 Å². The smallest absolute Gasteiger partial charge is 0.229 e. The molecule has 0 radical (unpaired) electrons. The highest BCUT2D eigenvalue weighted by Crippen LogP contribution is 2.39. The highest BCUT2D eigenvalue weighted by atomic mass is 16.5. The van der Waals surface area contributed by atoms with Crippen LogP contribution in [0.15, 0.2) is 36.4 Å². The van der Waals surface area contributed by atoms with Gasteiger partial charge in [0.1, 0.15) is 16.6 Å². The quantitative estimate of drug-likeness (QED) is 0.0856. The van der Waals surface area contributed by atoms with Gasteiger partial charge in [-0.15, -0.1) is 0 Å². The first kappa shape index (κ1) is 50.9. The van der Waals surface area contributed by atoms with E-state index in [2.05, 4.69) is 80.3 Å². The molecule has 0 spiro atoms. The van der Waals surface area contributed by atoms with Crippen molar-refractivity contribution in [1.82, 2.24) is 43.6 Å². The number of carbonyl (C=O) groups excluding carboxylic acids is 3. The molecule has 0 unspecified atom stereocenters. The molecule has 0 atom stereocenters. The first-order valence-corrected chi connectivity index (χ1v) is 25.0. The van der Waals surface area contributed by atoms with Crippen molar-refractivity contribution >= 4 is 69.1 Å². The van der Waals surface area contributed by atoms with Crippen molar-refractivity contribution in [2.24, 2.45) is 11.3 Å². The average molecular weight is 947 g/mol. The van der Waals surface area contributed by atoms with Gasteiger partial charge in [0, 0.05) is 48.4 Å². The number of ether oxygens (including phenoxy) is 1. The van der Waals surface area contributed by atoms with Crippen LogP contribution in [-0.4, -0.2) is 78.1 Å². The minimum absolute atomic E-state index is 0.0120. The van der Waals surface area contributed by atoms with Crippen molar-refractivity contribution in [2.45, 2.75) is 189 Å². The van der Waals surface area contributed by atoms with Gasteiger partial charge in [0.2, 0.25) is 41.4 Å². The highest BCUT2D eigenvalue weighted by molar-refractivity contribution is 5.93. The van der Waals surface area contributed by atoms with Gasteiger partial charge in [0.25, 0.3) is 0 Å². The molecule has 17 nitrogen and oxygen atoms in total. The Morgan fingerprint density at radius 1 is 0.580 bits per heavy atom. The summed E-state index contributed by atoms with van der Waals surface area (Å²) in [5.41, 5.74) is 5.75. The molecule has 6 aromatic rings. The summed E-state index contributed by atoms with van der Waals surface area (Å²) < 4.78 is 12.0. The topological polar surface area (TPSA) is 209 Å². The molecule has 3 aliphatic rings. The van der Waals surface area contributed by atoms with E-state index in [0.29, 0.717) is 60.6 Å². The second kappa shape index (κ2) is 21.3. The zero-order valence-electron chi connectivity index (χ0n) is 42.6. The number of aliphatic hydroxyl groups is 1. The summed E-state index contributed by atoms with van der Waals surface area (Å²) in [6.07, 6.45) is 12.5. The summed E-state index contributed by atoms with van der Waals surface area (Å²) >= 11 is 0. The van der Waals surface area contributed by atoms with E-state index >= 15 is 0 Å². The standard InChI is InChI=1S/C19H28N4O2.C17H24N4O2.C16H22N4O/c1-12(2)25-16-10-9-14-17(22-16)23(13-7-6-8-13)18(20-14)21-15(24)11-19(3,4)5;1-11-8-9-13-15(18-11)21(12-6-4-5-7-12)16(19-13)20-14(22)10-17(2,3)23;1-10(2)9-14(21)19-16-18-13-8-7-11(3)17-15(13)20(16)12-5-4-6-12/h9-10,12-13H,6-8,11H2,1-5H3,(H,20,21,24);8-9,12,23H,4-7,10H2,1-3H3,(H,19,20,22);7-8,10,12H,4-6,9H2,1-3H3,(H,18,19,21). The third-order valence-corrected chi connectivity index (χ3v) is 12.4. The Bertz CT molecular complexity index is 2760. The number of rotatable bonds is 13. The van der Waals surface area contributed by atoms with Crippen molar-refractivity contribution in [3.05, 3.63) is 47.8 Å². The van der Waals surface area contributed by atoms with Gasteiger partial charge in [-0.3, -0.25) is 44.0 Å².